The maximum Gasteiger partial charge on any atom is 0.270 e. The van der Waals surface area contributed by atoms with Crippen molar-refractivity contribution >= 4 is 15.7 Å². The van der Waals surface area contributed by atoms with Crippen LogP contribution in [-0.2, 0) is 9.84 Å². The molecule has 2 N–H and O–H groups in total. The molecule has 0 fully saturated rings. The molecule has 0 atom stereocenters. The van der Waals surface area contributed by atoms with Crippen LogP contribution in [0.15, 0.2) is 64.0 Å². The lowest BCUT2D eigenvalue weighted by atomic mass is 10.1. The van der Waals surface area contributed by atoms with Crippen molar-refractivity contribution in [2.45, 2.75) is 24.0 Å². The molecule has 0 saturated heterocycles. The van der Waals surface area contributed by atoms with Crippen LogP contribution >= 0.6 is 0 Å². The van der Waals surface area contributed by atoms with Crippen molar-refractivity contribution in [1.82, 2.24) is 20.2 Å². The first kappa shape index (κ1) is 21.1. The molecule has 10 heteroatoms. The summed E-state index contributed by atoms with van der Waals surface area (Å²) in [5.74, 6) is 0.397. The Morgan fingerprint density at radius 2 is 1.78 bits per heavy atom. The smallest absolute Gasteiger partial charge is 0.270 e. The molecule has 4 aromatic rings. The number of nitriles is 1. The number of rotatable bonds is 5. The van der Waals surface area contributed by atoms with Crippen molar-refractivity contribution in [3.05, 3.63) is 60.3 Å². The maximum absolute atomic E-state index is 12.3. The van der Waals surface area contributed by atoms with Crippen LogP contribution in [0.4, 0.5) is 5.82 Å². The van der Waals surface area contributed by atoms with Gasteiger partial charge >= 0.3 is 0 Å². The van der Waals surface area contributed by atoms with Crippen LogP contribution in [-0.4, -0.2) is 33.8 Å². The van der Waals surface area contributed by atoms with E-state index in [0.717, 1.165) is 0 Å². The van der Waals surface area contributed by atoms with Gasteiger partial charge in [0.25, 0.3) is 5.89 Å². The van der Waals surface area contributed by atoms with E-state index in [1.54, 1.807) is 50.2 Å². The Balaban J connectivity index is 0.00000204. The number of nitrogens with two attached hydrogens (primary N) is 1. The van der Waals surface area contributed by atoms with Gasteiger partial charge in [-0.15, -0.1) is 10.2 Å². The molecule has 2 aromatic heterocycles. The molecule has 0 radical (unpaired) electrons. The second kappa shape index (κ2) is 8.20. The van der Waals surface area contributed by atoms with E-state index in [0.29, 0.717) is 22.4 Å². The van der Waals surface area contributed by atoms with Crippen molar-refractivity contribution in [3.63, 3.8) is 0 Å². The Kier molecular flexibility index (Phi) is 5.42. The summed E-state index contributed by atoms with van der Waals surface area (Å²) in [6.07, 6.45) is 1.48. The van der Waals surface area contributed by atoms with Crippen molar-refractivity contribution < 1.29 is 15.7 Å². The molecule has 0 aliphatic rings. The minimum atomic E-state index is -3.37. The lowest BCUT2D eigenvalue weighted by Gasteiger charge is -2.09. The second-order valence-electron chi connectivity index (χ2n) is 7.21. The van der Waals surface area contributed by atoms with Gasteiger partial charge in [-0.25, -0.2) is 18.4 Å². The van der Waals surface area contributed by atoms with Gasteiger partial charge in [-0.1, -0.05) is 18.2 Å². The Bertz CT molecular complexity index is 1450. The highest BCUT2D eigenvalue weighted by Crippen LogP contribution is 2.29. The van der Waals surface area contributed by atoms with Crippen LogP contribution < -0.4 is 5.73 Å². The number of nitrogen functional groups attached to an aromatic ring is 1. The molecule has 0 aliphatic heterocycles. The third-order valence-electron chi connectivity index (χ3n) is 4.77. The van der Waals surface area contributed by atoms with Crippen LogP contribution in [0.25, 0.3) is 34.3 Å². The fourth-order valence-corrected chi connectivity index (χ4v) is 4.00. The van der Waals surface area contributed by atoms with Crippen molar-refractivity contribution in [1.29, 1.82) is 5.26 Å². The molecule has 0 bridgehead atoms. The summed E-state index contributed by atoms with van der Waals surface area (Å²) < 4.78 is 30.4. The number of benzene rings is 2. The number of aromatic nitrogens is 4. The van der Waals surface area contributed by atoms with Gasteiger partial charge in [0, 0.05) is 14.0 Å². The zero-order chi connectivity index (χ0) is 22.9. The van der Waals surface area contributed by atoms with Gasteiger partial charge in [0.1, 0.15) is 0 Å². The molecule has 0 unspecified atom stereocenters. The molecule has 0 spiro atoms. The van der Waals surface area contributed by atoms with Crippen LogP contribution in [0.2, 0.25) is 0 Å². The van der Waals surface area contributed by atoms with Crippen molar-refractivity contribution in [2.24, 2.45) is 0 Å². The van der Waals surface area contributed by atoms with E-state index in [2.05, 4.69) is 26.2 Å². The number of anilines is 1. The van der Waals surface area contributed by atoms with E-state index in [1.165, 1.54) is 18.3 Å². The Morgan fingerprint density at radius 3 is 2.47 bits per heavy atom. The highest BCUT2D eigenvalue weighted by Gasteiger charge is 2.20. The van der Waals surface area contributed by atoms with E-state index in [1.807, 2.05) is 0 Å². The Hall–Kier alpha value is -4.10. The third-order valence-corrected chi connectivity index (χ3v) is 6.94. The Morgan fingerprint density at radius 1 is 1.06 bits per heavy atom. The summed E-state index contributed by atoms with van der Waals surface area (Å²) in [5, 5.41) is 16.6. The third kappa shape index (κ3) is 3.93. The molecule has 32 heavy (non-hydrogen) atoms. The molecule has 9 nitrogen and oxygen atoms in total. The van der Waals surface area contributed by atoms with Gasteiger partial charge in [-0.2, -0.15) is 5.26 Å². The maximum atomic E-state index is 12.3. The van der Waals surface area contributed by atoms with Crippen molar-refractivity contribution in [2.75, 3.05) is 5.73 Å². The number of nitrogens with zero attached hydrogens (tertiary/aromatic N) is 5. The van der Waals surface area contributed by atoms with E-state index in [4.69, 9.17) is 15.4 Å². The molecule has 164 valence electrons. The van der Waals surface area contributed by atoms with Crippen LogP contribution in [0, 0.1) is 11.3 Å². The first-order chi connectivity index (χ1) is 15.3. The largest absolute Gasteiger partial charge is 0.414 e. The molecule has 2 aromatic carbocycles. The highest BCUT2D eigenvalue weighted by molar-refractivity contribution is 7.92. The first-order valence-electron chi connectivity index (χ1n) is 9.61. The van der Waals surface area contributed by atoms with Crippen LogP contribution in [0.3, 0.4) is 0 Å². The summed E-state index contributed by atoms with van der Waals surface area (Å²) in [5.41, 5.74) is 8.37. The second-order valence-corrected chi connectivity index (χ2v) is 9.72. The summed E-state index contributed by atoms with van der Waals surface area (Å²) in [6.45, 7) is 3.27. The zero-order valence-corrected chi connectivity index (χ0v) is 18.0. The normalized spacial score (nSPS) is 11.4. The molecular formula is C22H22N6O3S. The topological polar surface area (TPSA) is 149 Å². The van der Waals surface area contributed by atoms with E-state index < -0.39 is 15.1 Å². The minimum Gasteiger partial charge on any atom is -0.414 e. The van der Waals surface area contributed by atoms with E-state index in [-0.39, 0.29) is 31.0 Å². The van der Waals surface area contributed by atoms with Gasteiger partial charge in [-0.05, 0) is 44.2 Å². The predicted molar refractivity (Wildman–Crippen MR) is 122 cm³/mol. The molecule has 2 heterocycles. The number of hydrogen-bond acceptors (Lipinski definition) is 9. The number of sulfone groups is 1. The van der Waals surface area contributed by atoms with Gasteiger partial charge in [0.15, 0.2) is 21.3 Å². The monoisotopic (exact) mass is 450 g/mol. The molecular weight excluding hydrogens is 428 g/mol. The van der Waals surface area contributed by atoms with Gasteiger partial charge < -0.3 is 10.2 Å². The van der Waals surface area contributed by atoms with E-state index >= 15 is 0 Å². The fourth-order valence-electron chi connectivity index (χ4n) is 2.94. The van der Waals surface area contributed by atoms with Crippen LogP contribution in [0.5, 0.6) is 0 Å². The SMILES string of the molecule is CC(C)S(=O)(=O)c1ccc(-c2cnc(N)c(-c3nnc(-c4cccc(C#N)c4)o3)n2)cc1.[HH].[HH]. The zero-order valence-electron chi connectivity index (χ0n) is 17.2. The average Bonchev–Trinajstić information content (AvgIpc) is 3.29. The Labute approximate surface area is 187 Å². The fraction of sp³-hybridized carbons (Fsp3) is 0.136. The predicted octanol–water partition coefficient (Wildman–Crippen LogP) is 3.99. The molecule has 0 saturated carbocycles. The molecule has 0 aliphatic carbocycles. The number of hydrogen-bond donors (Lipinski definition) is 1. The summed E-state index contributed by atoms with van der Waals surface area (Å²) in [7, 11) is -3.37. The van der Waals surface area contributed by atoms with Crippen molar-refractivity contribution in [3.8, 4) is 40.4 Å². The lowest BCUT2D eigenvalue weighted by Crippen LogP contribution is -2.13. The first-order valence-corrected chi connectivity index (χ1v) is 11.2. The standard InChI is InChI=1S/C22H18N6O3S.2H2/c1-13(2)32(29,30)17-8-6-15(7-9-17)18-12-25-20(24)19(26-18)22-28-27-21(31-22)16-5-3-4-14(10-16)11-23;;/h3-10,12-13H,1-2H3,(H2,24,25);2*1H. The molecule has 4 rings (SSSR count). The summed E-state index contributed by atoms with van der Waals surface area (Å²) in [6, 6.07) is 15.2. The average molecular weight is 451 g/mol. The van der Waals surface area contributed by atoms with E-state index in [9.17, 15) is 8.42 Å². The molecule has 0 amide bonds. The quantitative estimate of drug-likeness (QED) is 0.476. The highest BCUT2D eigenvalue weighted by atomic mass is 32.2. The lowest BCUT2D eigenvalue weighted by molar-refractivity contribution is 0.582. The van der Waals surface area contributed by atoms with Gasteiger partial charge in [-0.3, -0.25) is 0 Å². The summed E-state index contributed by atoms with van der Waals surface area (Å²) in [4.78, 5) is 8.90. The summed E-state index contributed by atoms with van der Waals surface area (Å²) >= 11 is 0. The van der Waals surface area contributed by atoms with Crippen LogP contribution in [0.1, 0.15) is 22.3 Å². The minimum absolute atomic E-state index is 0. The van der Waals surface area contributed by atoms with Gasteiger partial charge in [0.2, 0.25) is 5.89 Å². The van der Waals surface area contributed by atoms with Gasteiger partial charge in [0.05, 0.1) is 33.7 Å².